The zero-order valence-corrected chi connectivity index (χ0v) is 27.0. The van der Waals surface area contributed by atoms with Gasteiger partial charge in [-0.1, -0.05) is 28.8 Å². The van der Waals surface area contributed by atoms with E-state index in [0.29, 0.717) is 65.9 Å². The summed E-state index contributed by atoms with van der Waals surface area (Å²) in [5.41, 5.74) is 14.5. The fourth-order valence-corrected chi connectivity index (χ4v) is 5.45. The normalized spacial score (nSPS) is 12.7. The van der Waals surface area contributed by atoms with E-state index in [4.69, 9.17) is 32.9 Å². The molecule has 2 atom stereocenters. The van der Waals surface area contributed by atoms with Gasteiger partial charge in [-0.2, -0.15) is 4.98 Å². The molecule has 5 aromatic rings. The van der Waals surface area contributed by atoms with Gasteiger partial charge in [0.05, 0.1) is 16.4 Å². The zero-order valence-electron chi connectivity index (χ0n) is 26.2. The summed E-state index contributed by atoms with van der Waals surface area (Å²) < 4.78 is 22.0. The number of nitrogens with one attached hydrogen (secondary N) is 5. The Hall–Kier alpha value is -4.79. The molecule has 9 N–H and O–H groups in total. The van der Waals surface area contributed by atoms with Crippen molar-refractivity contribution in [3.8, 4) is 16.9 Å². The number of aromatic nitrogens is 5. The summed E-state index contributed by atoms with van der Waals surface area (Å²) in [5, 5.41) is 25.3. The van der Waals surface area contributed by atoms with Crippen molar-refractivity contribution in [3.63, 3.8) is 0 Å². The first-order valence-corrected chi connectivity index (χ1v) is 15.7. The summed E-state index contributed by atoms with van der Waals surface area (Å²) >= 11 is 6.25. The van der Waals surface area contributed by atoms with Gasteiger partial charge < -0.3 is 36.8 Å². The van der Waals surface area contributed by atoms with Crippen LogP contribution in [-0.2, 0) is 13.0 Å². The lowest BCUT2D eigenvalue weighted by molar-refractivity contribution is 0.480. The third-order valence-electron chi connectivity index (χ3n) is 7.65. The number of aromatic amines is 1. The van der Waals surface area contributed by atoms with Gasteiger partial charge in [0, 0.05) is 55.8 Å². The highest BCUT2D eigenvalue weighted by Crippen LogP contribution is 2.31. The van der Waals surface area contributed by atoms with Gasteiger partial charge >= 0.3 is 11.7 Å². The second-order valence-electron chi connectivity index (χ2n) is 11.6. The molecule has 248 valence electrons. The van der Waals surface area contributed by atoms with Crippen molar-refractivity contribution in [3.05, 3.63) is 87.0 Å². The van der Waals surface area contributed by atoms with Gasteiger partial charge in [-0.25, -0.2) is 9.18 Å². The SMILES string of the molecule is Cc1nnc(NC[C@@H](CCNC(=N)N)NCc2ccc(-n3cc4cc(-c5cc(CCC[C@H](C)N)cc(Cl)c5F)[nH]c4nc3=O)cc2)o1. The number of anilines is 1. The summed E-state index contributed by atoms with van der Waals surface area (Å²) in [7, 11) is 0. The first-order valence-electron chi connectivity index (χ1n) is 15.4. The van der Waals surface area contributed by atoms with Crippen LogP contribution >= 0.6 is 11.6 Å². The Kier molecular flexibility index (Phi) is 10.9. The first kappa shape index (κ1) is 33.6. The smallest absolute Gasteiger partial charge is 0.354 e. The van der Waals surface area contributed by atoms with Crippen molar-refractivity contribution in [2.75, 3.05) is 18.4 Å². The lowest BCUT2D eigenvalue weighted by atomic mass is 10.0. The molecule has 0 spiro atoms. The van der Waals surface area contributed by atoms with Crippen molar-refractivity contribution in [2.24, 2.45) is 11.5 Å². The van der Waals surface area contributed by atoms with E-state index in [0.717, 1.165) is 30.4 Å². The van der Waals surface area contributed by atoms with Gasteiger partial charge in [-0.3, -0.25) is 9.98 Å². The van der Waals surface area contributed by atoms with Crippen molar-refractivity contribution in [1.82, 2.24) is 35.4 Å². The largest absolute Gasteiger partial charge is 0.408 e. The highest BCUT2D eigenvalue weighted by Gasteiger charge is 2.16. The molecule has 3 aromatic heterocycles. The summed E-state index contributed by atoms with van der Waals surface area (Å²) in [5.74, 6) is -0.159. The van der Waals surface area contributed by atoms with E-state index in [-0.39, 0.29) is 23.1 Å². The van der Waals surface area contributed by atoms with E-state index >= 15 is 4.39 Å². The third-order valence-corrected chi connectivity index (χ3v) is 7.93. The average molecular weight is 664 g/mol. The van der Waals surface area contributed by atoms with Gasteiger partial charge in [-0.05, 0) is 74.1 Å². The summed E-state index contributed by atoms with van der Waals surface area (Å²) in [4.78, 5) is 20.3. The molecule has 0 fully saturated rings. The van der Waals surface area contributed by atoms with Gasteiger partial charge in [0.15, 0.2) is 11.8 Å². The molecule has 13 nitrogen and oxygen atoms in total. The lowest BCUT2D eigenvalue weighted by Gasteiger charge is -2.19. The number of H-pyrrole nitrogens is 1. The first-order chi connectivity index (χ1) is 22.5. The molecule has 0 unspecified atom stereocenters. The molecule has 0 amide bonds. The standard InChI is InChI=1S/C32H39ClFN11O2/c1-18(35)4-3-5-21-12-25(28(34)26(33)13-21)27-14-22-17-45(32(46)42-29(22)41-27)24-8-6-20(7-9-24)15-39-23(10-11-38-30(36)37)16-40-31-44-43-19(2)47-31/h6-9,12-14,17-18,23,39H,3-5,10-11,15-16,35H2,1-2H3,(H,40,44)(H4,36,37,38)(H,41,42,46)/t18-,23+/m0/s1. The molecule has 5 rings (SSSR count). The molecule has 0 bridgehead atoms. The molecule has 0 aliphatic carbocycles. The number of rotatable bonds is 15. The van der Waals surface area contributed by atoms with Crippen LogP contribution in [0.1, 0.15) is 43.2 Å². The minimum Gasteiger partial charge on any atom is -0.408 e. The molecule has 47 heavy (non-hydrogen) atoms. The molecule has 0 radical (unpaired) electrons. The minimum atomic E-state index is -0.536. The van der Waals surface area contributed by atoms with Crippen molar-refractivity contribution in [1.29, 1.82) is 5.41 Å². The number of hydrogen-bond donors (Lipinski definition) is 7. The van der Waals surface area contributed by atoms with Crippen LogP contribution < -0.4 is 33.1 Å². The molecule has 0 saturated heterocycles. The topological polar surface area (TPSA) is 202 Å². The molecule has 0 aliphatic heterocycles. The number of halogens is 2. The number of nitrogens with two attached hydrogens (primary N) is 2. The van der Waals surface area contributed by atoms with Crippen molar-refractivity contribution >= 4 is 34.6 Å². The maximum Gasteiger partial charge on any atom is 0.354 e. The maximum absolute atomic E-state index is 15.1. The molecule has 3 heterocycles. The van der Waals surface area contributed by atoms with Crippen LogP contribution in [0.15, 0.2) is 57.9 Å². The summed E-state index contributed by atoms with van der Waals surface area (Å²) in [6.45, 7) is 5.23. The van der Waals surface area contributed by atoms with E-state index in [1.165, 1.54) is 4.57 Å². The molecule has 2 aromatic carbocycles. The van der Waals surface area contributed by atoms with E-state index in [2.05, 4.69) is 36.1 Å². The molecular weight excluding hydrogens is 625 g/mol. The van der Waals surface area contributed by atoms with Gasteiger partial charge in [0.1, 0.15) is 5.65 Å². The molecular formula is C32H39ClFN11O2. The summed E-state index contributed by atoms with van der Waals surface area (Å²) in [6.07, 6.45) is 4.79. The Morgan fingerprint density at radius 1 is 1.17 bits per heavy atom. The van der Waals surface area contributed by atoms with Crippen LogP contribution in [0.5, 0.6) is 0 Å². The molecule has 0 saturated carbocycles. The number of aryl methyl sites for hydroxylation is 2. The second-order valence-corrected chi connectivity index (χ2v) is 12.0. The Morgan fingerprint density at radius 2 is 1.96 bits per heavy atom. The van der Waals surface area contributed by atoms with E-state index < -0.39 is 11.5 Å². The van der Waals surface area contributed by atoms with Gasteiger partial charge in [0.25, 0.3) is 0 Å². The number of benzene rings is 2. The van der Waals surface area contributed by atoms with Crippen LogP contribution in [0.2, 0.25) is 5.02 Å². The Balaban J connectivity index is 1.29. The number of nitrogens with zero attached hydrogens (tertiary/aromatic N) is 4. The fraction of sp³-hybridized carbons (Fsp3) is 0.344. The highest BCUT2D eigenvalue weighted by atomic mass is 35.5. The molecule has 15 heteroatoms. The Bertz CT molecular complexity index is 1880. The lowest BCUT2D eigenvalue weighted by Crippen LogP contribution is -2.40. The second kappa shape index (κ2) is 15.2. The van der Waals surface area contributed by atoms with Gasteiger partial charge in [-0.15, -0.1) is 5.10 Å². The number of guanidine groups is 1. The van der Waals surface area contributed by atoms with Crippen molar-refractivity contribution < 1.29 is 8.81 Å². The predicted octanol–water partition coefficient (Wildman–Crippen LogP) is 3.98. The highest BCUT2D eigenvalue weighted by molar-refractivity contribution is 6.31. The number of fused-ring (bicyclic) bond motifs is 1. The average Bonchev–Trinajstić information content (AvgIpc) is 3.64. The third kappa shape index (κ3) is 8.93. The van der Waals surface area contributed by atoms with Crippen LogP contribution in [0.25, 0.3) is 28.0 Å². The van der Waals surface area contributed by atoms with Crippen LogP contribution in [0, 0.1) is 18.2 Å². The van der Waals surface area contributed by atoms with E-state index in [1.54, 1.807) is 31.3 Å². The van der Waals surface area contributed by atoms with E-state index in [9.17, 15) is 4.79 Å². The van der Waals surface area contributed by atoms with Crippen molar-refractivity contribution in [2.45, 2.75) is 58.2 Å². The predicted molar refractivity (Wildman–Crippen MR) is 181 cm³/mol. The van der Waals surface area contributed by atoms with Crippen LogP contribution in [0.4, 0.5) is 10.4 Å². The van der Waals surface area contributed by atoms with Gasteiger partial charge in [0.2, 0.25) is 5.89 Å². The Labute approximate surface area is 275 Å². The number of hydrogen-bond acceptors (Lipinski definition) is 9. The summed E-state index contributed by atoms with van der Waals surface area (Å²) in [6, 6.07) is 13.1. The van der Waals surface area contributed by atoms with Crippen LogP contribution in [0.3, 0.4) is 0 Å². The monoisotopic (exact) mass is 663 g/mol. The minimum absolute atomic E-state index is 0.0132. The fourth-order valence-electron chi connectivity index (χ4n) is 5.21. The molecule has 0 aliphatic rings. The maximum atomic E-state index is 15.1. The Morgan fingerprint density at radius 3 is 2.66 bits per heavy atom. The van der Waals surface area contributed by atoms with E-state index in [1.807, 2.05) is 31.2 Å². The zero-order chi connectivity index (χ0) is 33.5. The van der Waals surface area contributed by atoms with Crippen LogP contribution in [-0.4, -0.2) is 55.9 Å². The quantitative estimate of drug-likeness (QED) is 0.0634.